The standard InChI is InChI=1S/C25H35NO6/c1-30-25(29)20-11-9-19(10-12-20)21-17-22(32-23(18-21)31-16-8-7-15-27)24(28)26-13-5-3-2-4-6-14-26/h9-12,17,21,23,27H,2-8,13-16,18H2,1H3. The van der Waals surface area contributed by atoms with Crippen LogP contribution in [0.5, 0.6) is 0 Å². The molecule has 2 unspecified atom stereocenters. The van der Waals surface area contributed by atoms with Crippen LogP contribution >= 0.6 is 0 Å². The first-order valence-corrected chi connectivity index (χ1v) is 11.7. The van der Waals surface area contributed by atoms with Gasteiger partial charge in [0.15, 0.2) is 5.76 Å². The fourth-order valence-electron chi connectivity index (χ4n) is 4.16. The van der Waals surface area contributed by atoms with E-state index in [2.05, 4.69) is 0 Å². The minimum absolute atomic E-state index is 0.0630. The van der Waals surface area contributed by atoms with Crippen LogP contribution in [0.1, 0.15) is 73.2 Å². The van der Waals surface area contributed by atoms with Crippen LogP contribution in [0, 0.1) is 0 Å². The van der Waals surface area contributed by atoms with E-state index in [1.54, 1.807) is 12.1 Å². The first kappa shape index (κ1) is 24.3. The zero-order valence-corrected chi connectivity index (χ0v) is 19.0. The third kappa shape index (κ3) is 6.81. The van der Waals surface area contributed by atoms with Crippen LogP contribution in [0.25, 0.3) is 0 Å². The molecule has 0 radical (unpaired) electrons. The highest BCUT2D eigenvalue weighted by atomic mass is 16.7. The molecule has 3 rings (SSSR count). The zero-order valence-electron chi connectivity index (χ0n) is 19.0. The predicted octanol–water partition coefficient (Wildman–Crippen LogP) is 3.77. The van der Waals surface area contributed by atoms with Gasteiger partial charge in [0.1, 0.15) is 0 Å². The van der Waals surface area contributed by atoms with Crippen LogP contribution in [-0.2, 0) is 19.0 Å². The average molecular weight is 446 g/mol. The first-order valence-electron chi connectivity index (χ1n) is 11.7. The molecule has 0 bridgehead atoms. The van der Waals surface area contributed by atoms with Gasteiger partial charge < -0.3 is 24.2 Å². The highest BCUT2D eigenvalue weighted by Gasteiger charge is 2.31. The summed E-state index contributed by atoms with van der Waals surface area (Å²) in [5.74, 6) is -0.179. The summed E-state index contributed by atoms with van der Waals surface area (Å²) >= 11 is 0. The molecule has 0 spiro atoms. The van der Waals surface area contributed by atoms with Crippen molar-refractivity contribution >= 4 is 11.9 Å². The number of carbonyl (C=O) groups is 2. The van der Waals surface area contributed by atoms with E-state index in [0.717, 1.165) is 50.8 Å². The van der Waals surface area contributed by atoms with Gasteiger partial charge in [-0.15, -0.1) is 0 Å². The molecular formula is C25H35NO6. The van der Waals surface area contributed by atoms with E-state index in [1.165, 1.54) is 13.5 Å². The Kier molecular flexibility index (Phi) is 9.56. The number of aliphatic hydroxyl groups excluding tert-OH is 1. The third-order valence-corrected chi connectivity index (χ3v) is 6.03. The molecular weight excluding hydrogens is 410 g/mol. The lowest BCUT2D eigenvalue weighted by atomic mass is 9.92. The maximum atomic E-state index is 13.3. The Bertz CT molecular complexity index is 767. The largest absolute Gasteiger partial charge is 0.465 e. The summed E-state index contributed by atoms with van der Waals surface area (Å²) in [7, 11) is 1.36. The normalized spacial score (nSPS) is 21.7. The van der Waals surface area contributed by atoms with Crippen LogP contribution in [0.15, 0.2) is 36.1 Å². The summed E-state index contributed by atoms with van der Waals surface area (Å²) in [5.41, 5.74) is 1.48. The van der Waals surface area contributed by atoms with Crippen molar-refractivity contribution in [3.8, 4) is 0 Å². The smallest absolute Gasteiger partial charge is 0.337 e. The molecule has 2 aliphatic heterocycles. The number of benzene rings is 1. The van der Waals surface area contributed by atoms with Crippen molar-refractivity contribution < 1.29 is 28.9 Å². The van der Waals surface area contributed by atoms with Gasteiger partial charge in [0.2, 0.25) is 6.29 Å². The minimum atomic E-state index is -0.530. The highest BCUT2D eigenvalue weighted by Crippen LogP contribution is 2.32. The maximum absolute atomic E-state index is 13.3. The number of carbonyl (C=O) groups excluding carboxylic acids is 2. The quantitative estimate of drug-likeness (QED) is 0.484. The fraction of sp³-hybridized carbons (Fsp3) is 0.600. The second-order valence-corrected chi connectivity index (χ2v) is 8.40. The van der Waals surface area contributed by atoms with Crippen molar-refractivity contribution in [1.82, 2.24) is 4.90 Å². The second kappa shape index (κ2) is 12.6. The number of ether oxygens (including phenoxy) is 3. The molecule has 32 heavy (non-hydrogen) atoms. The van der Waals surface area contributed by atoms with E-state index in [9.17, 15) is 9.59 Å². The molecule has 7 nitrogen and oxygen atoms in total. The molecule has 0 saturated carbocycles. The van der Waals surface area contributed by atoms with Crippen molar-refractivity contribution in [2.75, 3.05) is 33.4 Å². The molecule has 1 aromatic rings. The van der Waals surface area contributed by atoms with E-state index in [0.29, 0.717) is 30.8 Å². The van der Waals surface area contributed by atoms with Gasteiger partial charge in [0, 0.05) is 32.0 Å². The summed E-state index contributed by atoms with van der Waals surface area (Å²) in [5, 5.41) is 9.00. The summed E-state index contributed by atoms with van der Waals surface area (Å²) in [6.07, 6.45) is 8.89. The van der Waals surface area contributed by atoms with E-state index in [1.807, 2.05) is 23.1 Å². The molecule has 0 aromatic heterocycles. The minimum Gasteiger partial charge on any atom is -0.465 e. The Balaban J connectivity index is 1.76. The Hall–Kier alpha value is -2.38. The van der Waals surface area contributed by atoms with Gasteiger partial charge in [0.25, 0.3) is 5.91 Å². The molecule has 7 heteroatoms. The molecule has 1 saturated heterocycles. The van der Waals surface area contributed by atoms with Gasteiger partial charge in [-0.05, 0) is 49.5 Å². The van der Waals surface area contributed by atoms with Crippen LogP contribution in [0.4, 0.5) is 0 Å². The number of rotatable bonds is 8. The van der Waals surface area contributed by atoms with Crippen LogP contribution in [-0.4, -0.2) is 61.6 Å². The number of unbranched alkanes of at least 4 members (excludes halogenated alkanes) is 1. The van der Waals surface area contributed by atoms with E-state index in [4.69, 9.17) is 19.3 Å². The highest BCUT2D eigenvalue weighted by molar-refractivity contribution is 5.92. The lowest BCUT2D eigenvalue weighted by Crippen LogP contribution is -2.38. The molecule has 1 N–H and O–H groups in total. The molecule has 0 aliphatic carbocycles. The molecule has 1 amide bonds. The molecule has 176 valence electrons. The predicted molar refractivity (Wildman–Crippen MR) is 120 cm³/mol. The number of hydrogen-bond acceptors (Lipinski definition) is 6. The summed E-state index contributed by atoms with van der Waals surface area (Å²) in [6, 6.07) is 7.25. The van der Waals surface area contributed by atoms with Gasteiger partial charge in [-0.1, -0.05) is 31.4 Å². The lowest BCUT2D eigenvalue weighted by Gasteiger charge is -2.32. The Morgan fingerprint density at radius 1 is 1.06 bits per heavy atom. The first-order chi connectivity index (χ1) is 15.6. The lowest BCUT2D eigenvalue weighted by molar-refractivity contribution is -0.153. The number of hydrogen-bond donors (Lipinski definition) is 1. The number of esters is 1. The van der Waals surface area contributed by atoms with Gasteiger partial charge in [-0.3, -0.25) is 4.79 Å². The van der Waals surface area contributed by atoms with Crippen molar-refractivity contribution in [3.63, 3.8) is 0 Å². The fourth-order valence-corrected chi connectivity index (χ4v) is 4.16. The van der Waals surface area contributed by atoms with Crippen LogP contribution in [0.3, 0.4) is 0 Å². The number of amides is 1. The SMILES string of the molecule is COC(=O)c1ccc(C2C=C(C(=O)N3CCCCCCC3)OC(OCCCCO)C2)cc1. The number of allylic oxidation sites excluding steroid dienone is 1. The average Bonchev–Trinajstić information content (AvgIpc) is 2.81. The van der Waals surface area contributed by atoms with Crippen molar-refractivity contribution in [3.05, 3.63) is 47.2 Å². The van der Waals surface area contributed by atoms with Crippen LogP contribution in [0.2, 0.25) is 0 Å². The van der Waals surface area contributed by atoms with Crippen LogP contribution < -0.4 is 0 Å². The number of aliphatic hydroxyl groups is 1. The summed E-state index contributed by atoms with van der Waals surface area (Å²) < 4.78 is 16.7. The Morgan fingerprint density at radius 3 is 2.41 bits per heavy atom. The van der Waals surface area contributed by atoms with E-state index in [-0.39, 0.29) is 24.4 Å². The zero-order chi connectivity index (χ0) is 22.8. The summed E-state index contributed by atoms with van der Waals surface area (Å²) in [6.45, 7) is 2.09. The Morgan fingerprint density at radius 2 is 1.75 bits per heavy atom. The number of nitrogens with zero attached hydrogens (tertiary/aromatic N) is 1. The van der Waals surface area contributed by atoms with Gasteiger partial charge in [-0.2, -0.15) is 0 Å². The van der Waals surface area contributed by atoms with Gasteiger partial charge >= 0.3 is 5.97 Å². The number of likely N-dealkylation sites (tertiary alicyclic amines) is 1. The number of methoxy groups -OCH3 is 1. The maximum Gasteiger partial charge on any atom is 0.337 e. The monoisotopic (exact) mass is 445 g/mol. The van der Waals surface area contributed by atoms with Crippen molar-refractivity contribution in [2.24, 2.45) is 0 Å². The molecule has 1 aromatic carbocycles. The molecule has 2 heterocycles. The topological polar surface area (TPSA) is 85.3 Å². The van der Waals surface area contributed by atoms with E-state index < -0.39 is 6.29 Å². The second-order valence-electron chi connectivity index (χ2n) is 8.40. The third-order valence-electron chi connectivity index (χ3n) is 6.03. The molecule has 1 fully saturated rings. The summed E-state index contributed by atoms with van der Waals surface area (Å²) in [4.78, 5) is 26.9. The molecule has 2 aliphatic rings. The molecule has 2 atom stereocenters. The van der Waals surface area contributed by atoms with Crippen molar-refractivity contribution in [1.29, 1.82) is 0 Å². The van der Waals surface area contributed by atoms with Gasteiger partial charge in [0.05, 0.1) is 19.3 Å². The van der Waals surface area contributed by atoms with Crippen molar-refractivity contribution in [2.45, 2.75) is 63.6 Å². The Labute approximate surface area is 190 Å². The van der Waals surface area contributed by atoms with E-state index >= 15 is 0 Å². The van der Waals surface area contributed by atoms with Gasteiger partial charge in [-0.25, -0.2) is 4.79 Å².